The zero-order valence-electron chi connectivity index (χ0n) is 9.08. The molecule has 1 aromatic carbocycles. The number of hydrogen-bond donors (Lipinski definition) is 1. The largest absolute Gasteiger partial charge is 0.493 e. The van der Waals surface area contributed by atoms with Crippen LogP contribution in [-0.2, 0) is 0 Å². The second-order valence-electron chi connectivity index (χ2n) is 3.40. The summed E-state index contributed by atoms with van der Waals surface area (Å²) in [5.74, 6) is 0.799. The van der Waals surface area contributed by atoms with E-state index in [-0.39, 0.29) is 0 Å². The lowest BCUT2D eigenvalue weighted by Gasteiger charge is -2.14. The van der Waals surface area contributed by atoms with Gasteiger partial charge >= 0.3 is 0 Å². The Hall–Kier alpha value is -1.02. The van der Waals surface area contributed by atoms with Gasteiger partial charge in [-0.2, -0.15) is 0 Å². The maximum atomic E-state index is 9.78. The Morgan fingerprint density at radius 1 is 1.36 bits per heavy atom. The van der Waals surface area contributed by atoms with Crippen LogP contribution in [0.15, 0.2) is 18.2 Å². The SMILES string of the molecule is CCOc1ccc(C)cc1[C@@H](O)CC. The first kappa shape index (κ1) is 11.1. The molecule has 0 saturated heterocycles. The number of aliphatic hydroxyl groups is 1. The molecule has 0 aliphatic carbocycles. The zero-order chi connectivity index (χ0) is 10.6. The van der Waals surface area contributed by atoms with Gasteiger partial charge in [0.25, 0.3) is 0 Å². The van der Waals surface area contributed by atoms with Crippen molar-refractivity contribution >= 4 is 0 Å². The molecule has 1 aromatic rings. The Morgan fingerprint density at radius 3 is 2.64 bits per heavy atom. The highest BCUT2D eigenvalue weighted by molar-refractivity contribution is 5.38. The lowest BCUT2D eigenvalue weighted by molar-refractivity contribution is 0.167. The van der Waals surface area contributed by atoms with Gasteiger partial charge in [-0.25, -0.2) is 0 Å². The first-order valence-corrected chi connectivity index (χ1v) is 5.10. The van der Waals surface area contributed by atoms with Crippen LogP contribution in [-0.4, -0.2) is 11.7 Å². The molecule has 14 heavy (non-hydrogen) atoms. The number of rotatable bonds is 4. The first-order valence-electron chi connectivity index (χ1n) is 5.10. The summed E-state index contributed by atoms with van der Waals surface area (Å²) >= 11 is 0. The van der Waals surface area contributed by atoms with E-state index in [9.17, 15) is 5.11 Å². The summed E-state index contributed by atoms with van der Waals surface area (Å²) in [7, 11) is 0. The van der Waals surface area contributed by atoms with Crippen molar-refractivity contribution in [3.05, 3.63) is 29.3 Å². The standard InChI is InChI=1S/C12H18O2/c1-4-11(13)10-8-9(3)6-7-12(10)14-5-2/h6-8,11,13H,4-5H2,1-3H3/t11-/m0/s1. The van der Waals surface area contributed by atoms with E-state index in [1.54, 1.807) is 0 Å². The molecule has 0 aliphatic heterocycles. The molecule has 0 heterocycles. The molecule has 0 radical (unpaired) electrons. The van der Waals surface area contributed by atoms with Crippen molar-refractivity contribution in [3.8, 4) is 5.75 Å². The van der Waals surface area contributed by atoms with E-state index in [2.05, 4.69) is 0 Å². The zero-order valence-corrected chi connectivity index (χ0v) is 9.08. The topological polar surface area (TPSA) is 29.5 Å². The van der Waals surface area contributed by atoms with Gasteiger partial charge < -0.3 is 9.84 Å². The fraction of sp³-hybridized carbons (Fsp3) is 0.500. The van der Waals surface area contributed by atoms with Crippen LogP contribution >= 0.6 is 0 Å². The van der Waals surface area contributed by atoms with Gasteiger partial charge in [0.05, 0.1) is 12.7 Å². The predicted molar refractivity (Wildman–Crippen MR) is 57.6 cm³/mol. The molecule has 1 atom stereocenters. The number of aryl methyl sites for hydroxylation is 1. The van der Waals surface area contributed by atoms with Gasteiger partial charge in [-0.05, 0) is 32.4 Å². The predicted octanol–water partition coefficient (Wildman–Crippen LogP) is 2.84. The Labute approximate surface area is 85.5 Å². The van der Waals surface area contributed by atoms with Crippen molar-refractivity contribution < 1.29 is 9.84 Å². The lowest BCUT2D eigenvalue weighted by Crippen LogP contribution is -2.02. The highest BCUT2D eigenvalue weighted by atomic mass is 16.5. The minimum Gasteiger partial charge on any atom is -0.493 e. The van der Waals surface area contributed by atoms with Crippen LogP contribution in [0.25, 0.3) is 0 Å². The van der Waals surface area contributed by atoms with Gasteiger partial charge in [-0.1, -0.05) is 18.6 Å². The molecule has 1 rings (SSSR count). The maximum absolute atomic E-state index is 9.78. The van der Waals surface area contributed by atoms with Gasteiger partial charge in [-0.15, -0.1) is 0 Å². The Balaban J connectivity index is 3.02. The van der Waals surface area contributed by atoms with Gasteiger partial charge in [0.2, 0.25) is 0 Å². The van der Waals surface area contributed by atoms with Crippen LogP contribution < -0.4 is 4.74 Å². The first-order chi connectivity index (χ1) is 6.69. The Kier molecular flexibility index (Phi) is 3.96. The lowest BCUT2D eigenvalue weighted by atomic mass is 10.0. The smallest absolute Gasteiger partial charge is 0.125 e. The minimum absolute atomic E-state index is 0.420. The van der Waals surface area contributed by atoms with Gasteiger partial charge in [0, 0.05) is 5.56 Å². The third kappa shape index (κ3) is 2.48. The van der Waals surface area contributed by atoms with E-state index in [1.807, 2.05) is 39.0 Å². The number of benzene rings is 1. The van der Waals surface area contributed by atoms with Crippen LogP contribution in [0.5, 0.6) is 5.75 Å². The monoisotopic (exact) mass is 194 g/mol. The van der Waals surface area contributed by atoms with E-state index in [1.165, 1.54) is 0 Å². The quantitative estimate of drug-likeness (QED) is 0.798. The van der Waals surface area contributed by atoms with E-state index in [4.69, 9.17) is 4.74 Å². The molecule has 0 fully saturated rings. The van der Waals surface area contributed by atoms with Crippen molar-refractivity contribution in [1.82, 2.24) is 0 Å². The van der Waals surface area contributed by atoms with Gasteiger partial charge in [0.15, 0.2) is 0 Å². The van der Waals surface area contributed by atoms with Crippen LogP contribution in [0.2, 0.25) is 0 Å². The fourth-order valence-corrected chi connectivity index (χ4v) is 1.44. The average Bonchev–Trinajstić information content (AvgIpc) is 2.20. The molecule has 0 spiro atoms. The number of aliphatic hydroxyl groups excluding tert-OH is 1. The molecule has 0 saturated carbocycles. The fourth-order valence-electron chi connectivity index (χ4n) is 1.44. The van der Waals surface area contributed by atoms with Crippen LogP contribution in [0.4, 0.5) is 0 Å². The molecule has 78 valence electrons. The summed E-state index contributed by atoms with van der Waals surface area (Å²) in [4.78, 5) is 0. The normalized spacial score (nSPS) is 12.6. The molecular formula is C12H18O2. The molecule has 2 heteroatoms. The third-order valence-electron chi connectivity index (χ3n) is 2.21. The summed E-state index contributed by atoms with van der Waals surface area (Å²) in [6.45, 7) is 6.55. The van der Waals surface area contributed by atoms with E-state index >= 15 is 0 Å². The summed E-state index contributed by atoms with van der Waals surface area (Å²) in [6.07, 6.45) is 0.292. The van der Waals surface area contributed by atoms with Crippen LogP contribution in [0.3, 0.4) is 0 Å². The number of hydrogen-bond acceptors (Lipinski definition) is 2. The average molecular weight is 194 g/mol. The summed E-state index contributed by atoms with van der Waals surface area (Å²) in [6, 6.07) is 5.91. The van der Waals surface area contributed by atoms with Crippen LogP contribution in [0.1, 0.15) is 37.5 Å². The van der Waals surface area contributed by atoms with E-state index in [0.29, 0.717) is 13.0 Å². The van der Waals surface area contributed by atoms with Crippen molar-refractivity contribution in [2.75, 3.05) is 6.61 Å². The number of ether oxygens (including phenoxy) is 1. The van der Waals surface area contributed by atoms with Gasteiger partial charge in [-0.3, -0.25) is 0 Å². The summed E-state index contributed by atoms with van der Waals surface area (Å²) in [5, 5.41) is 9.78. The van der Waals surface area contributed by atoms with Crippen molar-refractivity contribution in [2.24, 2.45) is 0 Å². The molecule has 0 unspecified atom stereocenters. The third-order valence-corrected chi connectivity index (χ3v) is 2.21. The highest BCUT2D eigenvalue weighted by Crippen LogP contribution is 2.28. The van der Waals surface area contributed by atoms with Crippen LogP contribution in [0, 0.1) is 6.92 Å². The molecule has 1 N–H and O–H groups in total. The van der Waals surface area contributed by atoms with E-state index < -0.39 is 6.10 Å². The summed E-state index contributed by atoms with van der Waals surface area (Å²) in [5.41, 5.74) is 2.05. The molecular weight excluding hydrogens is 176 g/mol. The molecule has 0 aliphatic rings. The maximum Gasteiger partial charge on any atom is 0.125 e. The van der Waals surface area contributed by atoms with Gasteiger partial charge in [0.1, 0.15) is 5.75 Å². The second kappa shape index (κ2) is 5.01. The Bertz CT molecular complexity index is 294. The molecule has 0 aromatic heterocycles. The van der Waals surface area contributed by atoms with E-state index in [0.717, 1.165) is 16.9 Å². The molecule has 2 nitrogen and oxygen atoms in total. The van der Waals surface area contributed by atoms with Crippen molar-refractivity contribution in [3.63, 3.8) is 0 Å². The minimum atomic E-state index is -0.420. The van der Waals surface area contributed by atoms with Crippen molar-refractivity contribution in [1.29, 1.82) is 0 Å². The Morgan fingerprint density at radius 2 is 2.07 bits per heavy atom. The molecule has 0 bridgehead atoms. The van der Waals surface area contributed by atoms with Crippen molar-refractivity contribution in [2.45, 2.75) is 33.3 Å². The summed E-state index contributed by atoms with van der Waals surface area (Å²) < 4.78 is 5.45. The molecule has 0 amide bonds. The highest BCUT2D eigenvalue weighted by Gasteiger charge is 2.11. The second-order valence-corrected chi connectivity index (χ2v) is 3.40.